The number of furan rings is 1. The highest BCUT2D eigenvalue weighted by molar-refractivity contribution is 6.34. The molecular formula is C12H12ClNO2. The smallest absolute Gasteiger partial charge is 0.153 e. The van der Waals surface area contributed by atoms with Gasteiger partial charge in [0.1, 0.15) is 11.4 Å². The average molecular weight is 238 g/mol. The molecule has 1 fully saturated rings. The van der Waals surface area contributed by atoms with Gasteiger partial charge in [0.25, 0.3) is 0 Å². The van der Waals surface area contributed by atoms with E-state index in [4.69, 9.17) is 16.0 Å². The number of para-hydroxylation sites is 1. The van der Waals surface area contributed by atoms with E-state index in [1.165, 1.54) is 0 Å². The minimum Gasteiger partial charge on any atom is -0.456 e. The lowest BCUT2D eigenvalue weighted by atomic mass is 10.00. The van der Waals surface area contributed by atoms with Crippen LogP contribution in [0.1, 0.15) is 12.2 Å². The summed E-state index contributed by atoms with van der Waals surface area (Å²) in [5, 5.41) is 15.0. The van der Waals surface area contributed by atoms with Gasteiger partial charge in [-0.3, -0.25) is 0 Å². The molecule has 4 heteroatoms. The number of nitrogens with one attached hydrogen (secondary N) is 1. The topological polar surface area (TPSA) is 45.4 Å². The zero-order chi connectivity index (χ0) is 11.2. The van der Waals surface area contributed by atoms with Crippen molar-refractivity contribution in [1.82, 2.24) is 5.32 Å². The summed E-state index contributed by atoms with van der Waals surface area (Å²) >= 11 is 6.03. The standard InChI is InChI=1S/C12H12ClNO2/c13-9-3-1-2-8-6-10(16-11(8)9)12(15)4-5-14-7-12/h1-3,6,14-15H,4-5,7H2. The maximum Gasteiger partial charge on any atom is 0.153 e. The third-order valence-electron chi connectivity index (χ3n) is 3.09. The van der Waals surface area contributed by atoms with Gasteiger partial charge in [-0.05, 0) is 25.1 Å². The molecule has 1 aromatic heterocycles. The van der Waals surface area contributed by atoms with Crippen LogP contribution in [0.5, 0.6) is 0 Å². The Hall–Kier alpha value is -1.03. The molecule has 1 unspecified atom stereocenters. The first-order valence-electron chi connectivity index (χ1n) is 5.31. The molecule has 2 heterocycles. The fourth-order valence-corrected chi connectivity index (χ4v) is 2.37. The Labute approximate surface area is 98.0 Å². The number of rotatable bonds is 1. The second-order valence-electron chi connectivity index (χ2n) is 4.23. The number of benzene rings is 1. The molecule has 1 aliphatic rings. The first kappa shape index (κ1) is 10.1. The van der Waals surface area contributed by atoms with E-state index in [0.717, 1.165) is 11.9 Å². The molecule has 2 aromatic rings. The largest absolute Gasteiger partial charge is 0.456 e. The molecule has 1 aromatic carbocycles. The highest BCUT2D eigenvalue weighted by Crippen LogP contribution is 2.34. The molecule has 1 atom stereocenters. The lowest BCUT2D eigenvalue weighted by molar-refractivity contribution is 0.0372. The first-order valence-corrected chi connectivity index (χ1v) is 5.68. The monoisotopic (exact) mass is 237 g/mol. The maximum atomic E-state index is 10.4. The molecule has 0 bridgehead atoms. The quantitative estimate of drug-likeness (QED) is 0.800. The van der Waals surface area contributed by atoms with Crippen LogP contribution in [0.3, 0.4) is 0 Å². The van der Waals surface area contributed by atoms with E-state index in [1.54, 1.807) is 6.07 Å². The van der Waals surface area contributed by atoms with Crippen molar-refractivity contribution in [2.45, 2.75) is 12.0 Å². The Kier molecular flexibility index (Phi) is 2.21. The third-order valence-corrected chi connectivity index (χ3v) is 3.39. The number of halogens is 1. The Morgan fingerprint density at radius 2 is 2.31 bits per heavy atom. The maximum absolute atomic E-state index is 10.4. The van der Waals surface area contributed by atoms with Gasteiger partial charge >= 0.3 is 0 Å². The van der Waals surface area contributed by atoms with Crippen LogP contribution in [0.15, 0.2) is 28.7 Å². The summed E-state index contributed by atoms with van der Waals surface area (Å²) in [4.78, 5) is 0. The summed E-state index contributed by atoms with van der Waals surface area (Å²) in [6.07, 6.45) is 0.671. The molecule has 0 saturated carbocycles. The van der Waals surface area contributed by atoms with E-state index >= 15 is 0 Å². The molecule has 0 amide bonds. The zero-order valence-electron chi connectivity index (χ0n) is 8.66. The van der Waals surface area contributed by atoms with Gasteiger partial charge in [-0.25, -0.2) is 0 Å². The predicted molar refractivity (Wildman–Crippen MR) is 62.6 cm³/mol. The van der Waals surface area contributed by atoms with E-state index in [-0.39, 0.29) is 0 Å². The van der Waals surface area contributed by atoms with Crippen molar-refractivity contribution in [2.75, 3.05) is 13.1 Å². The van der Waals surface area contributed by atoms with Crippen molar-refractivity contribution in [1.29, 1.82) is 0 Å². The van der Waals surface area contributed by atoms with Gasteiger partial charge in [-0.1, -0.05) is 23.7 Å². The van der Waals surface area contributed by atoms with E-state index in [0.29, 0.717) is 29.3 Å². The zero-order valence-corrected chi connectivity index (χ0v) is 9.42. The average Bonchev–Trinajstić information content (AvgIpc) is 2.85. The van der Waals surface area contributed by atoms with Crippen molar-refractivity contribution in [3.05, 3.63) is 35.0 Å². The molecule has 84 valence electrons. The summed E-state index contributed by atoms with van der Waals surface area (Å²) in [5.41, 5.74) is -0.234. The predicted octanol–water partition coefficient (Wildman–Crippen LogP) is 2.27. The van der Waals surface area contributed by atoms with Gasteiger partial charge in [0.2, 0.25) is 0 Å². The van der Waals surface area contributed by atoms with Gasteiger partial charge < -0.3 is 14.8 Å². The van der Waals surface area contributed by atoms with Crippen molar-refractivity contribution in [3.63, 3.8) is 0 Å². The van der Waals surface area contributed by atoms with Gasteiger partial charge in [0.15, 0.2) is 5.58 Å². The molecular weight excluding hydrogens is 226 g/mol. The lowest BCUT2D eigenvalue weighted by Crippen LogP contribution is -2.27. The van der Waals surface area contributed by atoms with Crippen LogP contribution in [0.2, 0.25) is 5.02 Å². The number of fused-ring (bicyclic) bond motifs is 1. The highest BCUT2D eigenvalue weighted by atomic mass is 35.5. The van der Waals surface area contributed by atoms with Crippen molar-refractivity contribution >= 4 is 22.6 Å². The van der Waals surface area contributed by atoms with Gasteiger partial charge in [0.05, 0.1) is 5.02 Å². The van der Waals surface area contributed by atoms with Crippen LogP contribution in [0.4, 0.5) is 0 Å². The molecule has 3 rings (SSSR count). The molecule has 1 saturated heterocycles. The summed E-state index contributed by atoms with van der Waals surface area (Å²) < 4.78 is 5.66. The lowest BCUT2D eigenvalue weighted by Gasteiger charge is -2.17. The fourth-order valence-electron chi connectivity index (χ4n) is 2.15. The van der Waals surface area contributed by atoms with Crippen LogP contribution >= 0.6 is 11.6 Å². The minimum atomic E-state index is -0.887. The van der Waals surface area contributed by atoms with E-state index in [1.807, 2.05) is 18.2 Å². The van der Waals surface area contributed by atoms with Gasteiger partial charge in [-0.2, -0.15) is 0 Å². The number of hydrogen-bond acceptors (Lipinski definition) is 3. The second-order valence-corrected chi connectivity index (χ2v) is 4.63. The van der Waals surface area contributed by atoms with Crippen LogP contribution in [-0.4, -0.2) is 18.2 Å². The molecule has 0 radical (unpaired) electrons. The Bertz CT molecular complexity index is 529. The summed E-state index contributed by atoms with van der Waals surface area (Å²) in [7, 11) is 0. The second kappa shape index (κ2) is 3.48. The van der Waals surface area contributed by atoms with Crippen molar-refractivity contribution in [2.24, 2.45) is 0 Å². The Morgan fingerprint density at radius 1 is 1.44 bits per heavy atom. The Morgan fingerprint density at radius 3 is 3.00 bits per heavy atom. The molecule has 3 nitrogen and oxygen atoms in total. The van der Waals surface area contributed by atoms with Gasteiger partial charge in [-0.15, -0.1) is 0 Å². The summed E-state index contributed by atoms with van der Waals surface area (Å²) in [6, 6.07) is 7.46. The molecule has 2 N–H and O–H groups in total. The number of hydrogen-bond donors (Lipinski definition) is 2. The van der Waals surface area contributed by atoms with E-state index in [9.17, 15) is 5.11 Å². The van der Waals surface area contributed by atoms with Gasteiger partial charge in [0, 0.05) is 11.9 Å². The number of aliphatic hydroxyl groups is 1. The summed E-state index contributed by atoms with van der Waals surface area (Å²) in [5.74, 6) is 0.598. The first-order chi connectivity index (χ1) is 7.69. The highest BCUT2D eigenvalue weighted by Gasteiger charge is 2.36. The molecule has 1 aliphatic heterocycles. The van der Waals surface area contributed by atoms with Crippen molar-refractivity contribution in [3.8, 4) is 0 Å². The molecule has 0 aliphatic carbocycles. The van der Waals surface area contributed by atoms with Crippen LogP contribution in [0.25, 0.3) is 11.0 Å². The normalized spacial score (nSPS) is 25.4. The summed E-state index contributed by atoms with van der Waals surface area (Å²) in [6.45, 7) is 1.34. The van der Waals surface area contributed by atoms with Crippen LogP contribution < -0.4 is 5.32 Å². The number of β-amino-alcohol motifs (C(OH)–C–C–N with tert-alkyl or cyclic N) is 1. The third kappa shape index (κ3) is 1.44. The van der Waals surface area contributed by atoms with Crippen LogP contribution in [-0.2, 0) is 5.60 Å². The minimum absolute atomic E-state index is 0.532. The molecule has 16 heavy (non-hydrogen) atoms. The SMILES string of the molecule is OC1(c2cc3cccc(Cl)c3o2)CCNC1. The van der Waals surface area contributed by atoms with Crippen LogP contribution in [0, 0.1) is 0 Å². The Balaban J connectivity index is 2.15. The van der Waals surface area contributed by atoms with E-state index in [2.05, 4.69) is 5.32 Å². The van der Waals surface area contributed by atoms with Crippen molar-refractivity contribution < 1.29 is 9.52 Å². The fraction of sp³-hybridized carbons (Fsp3) is 0.333. The van der Waals surface area contributed by atoms with E-state index < -0.39 is 5.60 Å². The molecule has 0 spiro atoms.